The van der Waals surface area contributed by atoms with E-state index in [1.54, 1.807) is 6.33 Å². The van der Waals surface area contributed by atoms with Crippen molar-refractivity contribution < 1.29 is 8.42 Å². The van der Waals surface area contributed by atoms with Gasteiger partial charge in [-0.1, -0.05) is 0 Å². The molecule has 0 aromatic carbocycles. The average Bonchev–Trinajstić information content (AvgIpc) is 2.69. The van der Waals surface area contributed by atoms with Crippen LogP contribution in [0, 0.1) is 0 Å². The van der Waals surface area contributed by atoms with E-state index in [9.17, 15) is 8.42 Å². The van der Waals surface area contributed by atoms with E-state index < -0.39 is 9.84 Å². The highest BCUT2D eigenvalue weighted by Crippen LogP contribution is 2.22. The van der Waals surface area contributed by atoms with E-state index in [0.717, 1.165) is 36.6 Å². The van der Waals surface area contributed by atoms with E-state index in [2.05, 4.69) is 20.6 Å². The third kappa shape index (κ3) is 2.32. The molecule has 1 unspecified atom stereocenters. The fourth-order valence-electron chi connectivity index (χ4n) is 2.50. The third-order valence-corrected chi connectivity index (χ3v) is 5.22. The molecule has 0 bridgehead atoms. The van der Waals surface area contributed by atoms with E-state index in [0.29, 0.717) is 6.42 Å². The molecule has 0 radical (unpaired) electrons. The second-order valence-electron chi connectivity index (χ2n) is 4.82. The second-order valence-corrected chi connectivity index (χ2v) is 7.05. The molecular weight excluding hydrogens is 252 g/mol. The molecule has 2 aliphatic heterocycles. The lowest BCUT2D eigenvalue weighted by atomic mass is 10.1. The van der Waals surface area contributed by atoms with Crippen molar-refractivity contribution in [2.24, 2.45) is 0 Å². The predicted octanol–water partition coefficient (Wildman–Crippen LogP) is -0.279. The topological polar surface area (TPSA) is 84.0 Å². The Bertz CT molecular complexity index is 558. The van der Waals surface area contributed by atoms with Crippen molar-refractivity contribution in [3.63, 3.8) is 0 Å². The second kappa shape index (κ2) is 4.47. The number of hydrogen-bond donors (Lipinski definition) is 2. The van der Waals surface area contributed by atoms with Crippen molar-refractivity contribution in [2.45, 2.75) is 25.4 Å². The smallest absolute Gasteiger partial charge is 0.152 e. The summed E-state index contributed by atoms with van der Waals surface area (Å²) in [6.07, 6.45) is 3.11. The molecule has 1 aromatic rings. The van der Waals surface area contributed by atoms with Gasteiger partial charge in [-0.25, -0.2) is 18.4 Å². The lowest BCUT2D eigenvalue weighted by Gasteiger charge is -2.20. The van der Waals surface area contributed by atoms with Crippen LogP contribution in [0.1, 0.15) is 17.7 Å². The zero-order valence-electron chi connectivity index (χ0n) is 10.0. The molecule has 18 heavy (non-hydrogen) atoms. The number of hydrogen-bond acceptors (Lipinski definition) is 6. The van der Waals surface area contributed by atoms with Crippen LogP contribution >= 0.6 is 0 Å². The average molecular weight is 268 g/mol. The Balaban J connectivity index is 1.81. The van der Waals surface area contributed by atoms with Crippen LogP contribution in [0.15, 0.2) is 6.33 Å². The largest absolute Gasteiger partial charge is 0.366 e. The molecule has 0 amide bonds. The van der Waals surface area contributed by atoms with Crippen LogP contribution in [0.2, 0.25) is 0 Å². The van der Waals surface area contributed by atoms with Gasteiger partial charge < -0.3 is 10.6 Å². The summed E-state index contributed by atoms with van der Waals surface area (Å²) in [4.78, 5) is 8.52. The SMILES string of the molecule is O=S1(=O)CCC(Nc2ncnc3c2CNCC3)C1. The fraction of sp³-hybridized carbons (Fsp3) is 0.636. The van der Waals surface area contributed by atoms with Gasteiger partial charge in [-0.3, -0.25) is 0 Å². The van der Waals surface area contributed by atoms with E-state index in [-0.39, 0.29) is 17.5 Å². The van der Waals surface area contributed by atoms with Gasteiger partial charge in [-0.15, -0.1) is 0 Å². The maximum atomic E-state index is 11.4. The molecule has 3 rings (SSSR count). The van der Waals surface area contributed by atoms with E-state index in [1.807, 2.05) is 0 Å². The molecule has 1 aromatic heterocycles. The third-order valence-electron chi connectivity index (χ3n) is 3.45. The number of sulfone groups is 1. The number of anilines is 1. The minimum absolute atomic E-state index is 0.0177. The molecule has 3 heterocycles. The number of nitrogens with zero attached hydrogens (tertiary/aromatic N) is 2. The normalized spacial score (nSPS) is 25.7. The number of nitrogens with one attached hydrogen (secondary N) is 2. The van der Waals surface area contributed by atoms with Crippen molar-refractivity contribution in [1.29, 1.82) is 0 Å². The molecule has 1 fully saturated rings. The first kappa shape index (κ1) is 11.9. The number of rotatable bonds is 2. The van der Waals surface area contributed by atoms with Crippen LogP contribution in [0.5, 0.6) is 0 Å². The Morgan fingerprint density at radius 1 is 1.39 bits per heavy atom. The fourth-order valence-corrected chi connectivity index (χ4v) is 4.17. The Morgan fingerprint density at radius 2 is 2.28 bits per heavy atom. The summed E-state index contributed by atoms with van der Waals surface area (Å²) < 4.78 is 22.9. The Labute approximate surface area is 106 Å². The maximum Gasteiger partial charge on any atom is 0.152 e. The highest BCUT2D eigenvalue weighted by molar-refractivity contribution is 7.91. The van der Waals surface area contributed by atoms with Crippen molar-refractivity contribution in [1.82, 2.24) is 15.3 Å². The minimum atomic E-state index is -2.86. The predicted molar refractivity (Wildman–Crippen MR) is 68.1 cm³/mol. The van der Waals surface area contributed by atoms with Gasteiger partial charge in [0.25, 0.3) is 0 Å². The van der Waals surface area contributed by atoms with Crippen LogP contribution in [-0.2, 0) is 22.8 Å². The molecule has 0 aliphatic carbocycles. The first-order chi connectivity index (χ1) is 8.64. The van der Waals surface area contributed by atoms with Gasteiger partial charge in [0.1, 0.15) is 12.1 Å². The van der Waals surface area contributed by atoms with Crippen molar-refractivity contribution >= 4 is 15.7 Å². The van der Waals surface area contributed by atoms with Gasteiger partial charge >= 0.3 is 0 Å². The molecule has 2 aliphatic rings. The zero-order chi connectivity index (χ0) is 12.6. The molecule has 2 N–H and O–H groups in total. The quantitative estimate of drug-likeness (QED) is 0.767. The summed E-state index contributed by atoms with van der Waals surface area (Å²) in [5, 5.41) is 6.54. The maximum absolute atomic E-state index is 11.4. The summed E-state index contributed by atoms with van der Waals surface area (Å²) >= 11 is 0. The zero-order valence-corrected chi connectivity index (χ0v) is 10.8. The first-order valence-electron chi connectivity index (χ1n) is 6.14. The van der Waals surface area contributed by atoms with Crippen molar-refractivity contribution in [3.8, 4) is 0 Å². The van der Waals surface area contributed by atoms with E-state index in [4.69, 9.17) is 0 Å². The molecule has 0 spiro atoms. The molecule has 7 heteroatoms. The van der Waals surface area contributed by atoms with Gasteiger partial charge in [0, 0.05) is 31.1 Å². The molecule has 98 valence electrons. The Morgan fingerprint density at radius 3 is 3.06 bits per heavy atom. The highest BCUT2D eigenvalue weighted by atomic mass is 32.2. The Kier molecular flexibility index (Phi) is 2.95. The van der Waals surface area contributed by atoms with Gasteiger partial charge in [-0.2, -0.15) is 0 Å². The molecule has 6 nitrogen and oxygen atoms in total. The van der Waals surface area contributed by atoms with Gasteiger partial charge in [0.15, 0.2) is 9.84 Å². The van der Waals surface area contributed by atoms with Crippen LogP contribution in [0.4, 0.5) is 5.82 Å². The van der Waals surface area contributed by atoms with Crippen LogP contribution in [-0.4, -0.2) is 42.5 Å². The standard InChI is InChI=1S/C11H16N4O2S/c16-18(17)4-2-8(6-18)15-11-9-5-12-3-1-10(9)13-7-14-11/h7-8,12H,1-6H2,(H,13,14,15). The van der Waals surface area contributed by atoms with E-state index in [1.165, 1.54) is 0 Å². The summed E-state index contributed by atoms with van der Waals surface area (Å²) in [6, 6.07) is -0.0177. The van der Waals surface area contributed by atoms with Gasteiger partial charge in [0.2, 0.25) is 0 Å². The summed E-state index contributed by atoms with van der Waals surface area (Å²) in [5.41, 5.74) is 2.14. The summed E-state index contributed by atoms with van der Waals surface area (Å²) in [7, 11) is -2.86. The number of aromatic nitrogens is 2. The van der Waals surface area contributed by atoms with Crippen LogP contribution in [0.3, 0.4) is 0 Å². The molecule has 0 saturated carbocycles. The lowest BCUT2D eigenvalue weighted by molar-refractivity contribution is 0.601. The highest BCUT2D eigenvalue weighted by Gasteiger charge is 2.29. The van der Waals surface area contributed by atoms with Crippen LogP contribution in [0.25, 0.3) is 0 Å². The minimum Gasteiger partial charge on any atom is -0.366 e. The summed E-state index contributed by atoms with van der Waals surface area (Å²) in [6.45, 7) is 1.68. The van der Waals surface area contributed by atoms with Crippen LogP contribution < -0.4 is 10.6 Å². The monoisotopic (exact) mass is 268 g/mol. The molecule has 1 saturated heterocycles. The Hall–Kier alpha value is -1.21. The van der Waals surface area contributed by atoms with Gasteiger partial charge in [-0.05, 0) is 6.42 Å². The lowest BCUT2D eigenvalue weighted by Crippen LogP contribution is -2.28. The first-order valence-corrected chi connectivity index (χ1v) is 7.97. The summed E-state index contributed by atoms with van der Waals surface area (Å²) in [5.74, 6) is 1.27. The van der Waals surface area contributed by atoms with E-state index >= 15 is 0 Å². The van der Waals surface area contributed by atoms with Crippen molar-refractivity contribution in [3.05, 3.63) is 17.6 Å². The molecular formula is C11H16N4O2S. The van der Waals surface area contributed by atoms with Crippen molar-refractivity contribution in [2.75, 3.05) is 23.4 Å². The number of fused-ring (bicyclic) bond motifs is 1. The molecule has 1 atom stereocenters. The van der Waals surface area contributed by atoms with Gasteiger partial charge in [0.05, 0.1) is 17.2 Å².